The molecule has 3 aromatic rings. The van der Waals surface area contributed by atoms with E-state index < -0.39 is 16.1 Å². The third-order valence-electron chi connectivity index (χ3n) is 6.70. The SMILES string of the molecule is CC(C(=O)N1CCN(c2ccc(S(=O)(=O)Nc3ccncn3)cc2)CC1)[N+]1=CC(C#N)c2ccccc21.[HH]. The summed E-state index contributed by atoms with van der Waals surface area (Å²) < 4.78 is 29.6. The van der Waals surface area contributed by atoms with Gasteiger partial charge in [-0.05, 0) is 30.3 Å². The maximum absolute atomic E-state index is 13.3. The number of rotatable bonds is 6. The Labute approximate surface area is 217 Å². The van der Waals surface area contributed by atoms with Gasteiger partial charge >= 0.3 is 0 Å². The van der Waals surface area contributed by atoms with Crippen molar-refractivity contribution in [1.29, 1.82) is 5.26 Å². The lowest BCUT2D eigenvalue weighted by Crippen LogP contribution is -2.52. The summed E-state index contributed by atoms with van der Waals surface area (Å²) in [5.41, 5.74) is 2.71. The average molecular weight is 519 g/mol. The Bertz CT molecular complexity index is 1480. The summed E-state index contributed by atoms with van der Waals surface area (Å²) in [5.74, 6) is -0.139. The second-order valence-electron chi connectivity index (χ2n) is 8.90. The molecule has 2 unspecified atom stereocenters. The van der Waals surface area contributed by atoms with E-state index in [-0.39, 0.29) is 24.0 Å². The smallest absolute Gasteiger partial charge is 0.291 e. The minimum Gasteiger partial charge on any atom is -0.368 e. The van der Waals surface area contributed by atoms with E-state index in [0.29, 0.717) is 26.2 Å². The fourth-order valence-electron chi connectivity index (χ4n) is 4.70. The number of hydrogen-bond acceptors (Lipinski definition) is 7. The van der Waals surface area contributed by atoms with Gasteiger partial charge in [0.05, 0.1) is 16.5 Å². The summed E-state index contributed by atoms with van der Waals surface area (Å²) in [4.78, 5) is 25.1. The van der Waals surface area contributed by atoms with Crippen LogP contribution in [0, 0.1) is 11.3 Å². The van der Waals surface area contributed by atoms with Crippen LogP contribution in [0.25, 0.3) is 0 Å². The summed E-state index contributed by atoms with van der Waals surface area (Å²) in [6.45, 7) is 4.23. The minimum atomic E-state index is -3.77. The molecule has 10 nitrogen and oxygen atoms in total. The van der Waals surface area contributed by atoms with Gasteiger partial charge in [0.1, 0.15) is 12.1 Å². The number of aromatic nitrogens is 2. The van der Waals surface area contributed by atoms with Crippen molar-refractivity contribution in [2.75, 3.05) is 35.8 Å². The van der Waals surface area contributed by atoms with Crippen molar-refractivity contribution in [2.45, 2.75) is 23.8 Å². The molecule has 0 saturated carbocycles. The Morgan fingerprint density at radius 3 is 2.54 bits per heavy atom. The second-order valence-corrected chi connectivity index (χ2v) is 10.6. The molecule has 190 valence electrons. The topological polar surface area (TPSA) is 122 Å². The van der Waals surface area contributed by atoms with Crippen LogP contribution in [0.3, 0.4) is 0 Å². The van der Waals surface area contributed by atoms with Gasteiger partial charge in [0.15, 0.2) is 12.1 Å². The van der Waals surface area contributed by atoms with Gasteiger partial charge in [0.25, 0.3) is 15.9 Å². The largest absolute Gasteiger partial charge is 0.368 e. The Balaban J connectivity index is 0.00000336. The Kier molecular flexibility index (Phi) is 6.58. The summed E-state index contributed by atoms with van der Waals surface area (Å²) in [7, 11) is -3.77. The normalized spacial score (nSPS) is 17.9. The molecule has 37 heavy (non-hydrogen) atoms. The van der Waals surface area contributed by atoms with Crippen molar-refractivity contribution in [1.82, 2.24) is 14.9 Å². The summed E-state index contributed by atoms with van der Waals surface area (Å²) in [6.07, 6.45) is 4.57. The lowest BCUT2D eigenvalue weighted by atomic mass is 10.0. The molecule has 2 aliphatic rings. The Hall–Kier alpha value is -4.30. The first kappa shape index (κ1) is 24.4. The van der Waals surface area contributed by atoms with E-state index >= 15 is 0 Å². The molecule has 3 heterocycles. The van der Waals surface area contributed by atoms with E-state index in [2.05, 4.69) is 25.7 Å². The molecule has 0 radical (unpaired) electrons. The van der Waals surface area contributed by atoms with Crippen molar-refractivity contribution >= 4 is 39.3 Å². The number of anilines is 2. The molecule has 0 aliphatic carbocycles. The molecule has 5 rings (SSSR count). The lowest BCUT2D eigenvalue weighted by Gasteiger charge is -2.36. The van der Waals surface area contributed by atoms with Crippen LogP contribution in [0.5, 0.6) is 0 Å². The maximum atomic E-state index is 13.3. The predicted octanol–water partition coefficient (Wildman–Crippen LogP) is 2.60. The highest BCUT2D eigenvalue weighted by Gasteiger charge is 2.38. The fraction of sp³-hybridized carbons (Fsp3) is 0.269. The molecule has 1 N–H and O–H groups in total. The molecule has 2 aromatic carbocycles. The van der Waals surface area contributed by atoms with Gasteiger partial charge in [-0.15, -0.1) is 0 Å². The summed E-state index contributed by atoms with van der Waals surface area (Å²) >= 11 is 0. The number of para-hydroxylation sites is 1. The van der Waals surface area contributed by atoms with E-state index in [1.54, 1.807) is 24.3 Å². The highest BCUT2D eigenvalue weighted by Crippen LogP contribution is 2.32. The van der Waals surface area contributed by atoms with Gasteiger partial charge in [-0.3, -0.25) is 9.52 Å². The third kappa shape index (κ3) is 4.88. The number of nitrogens with one attached hydrogen (secondary N) is 1. The van der Waals surface area contributed by atoms with Crippen LogP contribution >= 0.6 is 0 Å². The minimum absolute atomic E-state index is 0. The molecular weight excluding hydrogens is 490 g/mol. The van der Waals surface area contributed by atoms with Crippen LogP contribution in [-0.4, -0.2) is 72.2 Å². The number of sulfonamides is 1. The van der Waals surface area contributed by atoms with Crippen LogP contribution in [0.1, 0.15) is 19.8 Å². The molecule has 2 aliphatic heterocycles. The molecule has 11 heteroatoms. The van der Waals surface area contributed by atoms with E-state index in [1.807, 2.05) is 46.9 Å². The first-order valence-electron chi connectivity index (χ1n) is 11.9. The fourth-order valence-corrected chi connectivity index (χ4v) is 5.71. The number of hydrogen-bond donors (Lipinski definition) is 1. The zero-order valence-corrected chi connectivity index (χ0v) is 21.0. The average Bonchev–Trinajstić information content (AvgIpc) is 3.31. The molecule has 1 aromatic heterocycles. The highest BCUT2D eigenvalue weighted by atomic mass is 32.2. The van der Waals surface area contributed by atoms with Crippen LogP contribution in [0.2, 0.25) is 0 Å². The van der Waals surface area contributed by atoms with Crippen LogP contribution in [-0.2, 0) is 14.8 Å². The van der Waals surface area contributed by atoms with Crippen molar-refractivity contribution in [3.63, 3.8) is 0 Å². The summed E-state index contributed by atoms with van der Waals surface area (Å²) in [6, 6.07) is 17.7. The number of amides is 1. The van der Waals surface area contributed by atoms with E-state index in [4.69, 9.17) is 0 Å². The molecule has 1 amide bonds. The van der Waals surface area contributed by atoms with Crippen molar-refractivity contribution in [3.8, 4) is 6.07 Å². The number of fused-ring (bicyclic) bond motifs is 1. The van der Waals surface area contributed by atoms with E-state index in [0.717, 1.165) is 16.9 Å². The number of carbonyl (C=O) groups is 1. The maximum Gasteiger partial charge on any atom is 0.291 e. The number of carbonyl (C=O) groups excluding carboxylic acids is 1. The number of piperazine rings is 1. The van der Waals surface area contributed by atoms with Crippen molar-refractivity contribution in [3.05, 3.63) is 72.7 Å². The Morgan fingerprint density at radius 1 is 1.14 bits per heavy atom. The van der Waals surface area contributed by atoms with Gasteiger partial charge in [0, 0.05) is 52.5 Å². The standard InChI is InChI=1S/C26H26N7O3S.H2/c1-19(33-17-20(16-27)23-4-2-3-5-24(23)33)26(34)32-14-12-31(13-15-32)21-6-8-22(9-7-21)37(35,36)30-25-10-11-28-18-29-25;/h2-11,17-20H,12-15H2,1H3,(H,28,29,30);1H/q+1;. The second kappa shape index (κ2) is 9.99. The zero-order valence-electron chi connectivity index (χ0n) is 20.2. The highest BCUT2D eigenvalue weighted by molar-refractivity contribution is 7.92. The van der Waals surface area contributed by atoms with Crippen molar-refractivity contribution < 1.29 is 19.2 Å². The molecule has 0 spiro atoms. The lowest BCUT2D eigenvalue weighted by molar-refractivity contribution is -0.460. The van der Waals surface area contributed by atoms with Crippen LogP contribution in [0.4, 0.5) is 17.2 Å². The number of nitriles is 1. The quantitative estimate of drug-likeness (QED) is 0.498. The van der Waals surface area contributed by atoms with Crippen molar-refractivity contribution in [2.24, 2.45) is 0 Å². The van der Waals surface area contributed by atoms with Gasteiger partial charge in [-0.2, -0.15) is 9.84 Å². The van der Waals surface area contributed by atoms with Gasteiger partial charge in [-0.25, -0.2) is 18.4 Å². The number of nitrogens with zero attached hydrogens (tertiary/aromatic N) is 6. The van der Waals surface area contributed by atoms with E-state index in [1.165, 1.54) is 18.6 Å². The Morgan fingerprint density at radius 2 is 1.86 bits per heavy atom. The zero-order chi connectivity index (χ0) is 26.0. The number of benzene rings is 2. The monoisotopic (exact) mass is 518 g/mol. The van der Waals surface area contributed by atoms with Gasteiger partial charge in [0.2, 0.25) is 11.7 Å². The van der Waals surface area contributed by atoms with Crippen LogP contribution < -0.4 is 9.62 Å². The molecule has 1 fully saturated rings. The first-order chi connectivity index (χ1) is 17.9. The molecular formula is C26H28N7O3S+. The molecule has 1 saturated heterocycles. The predicted molar refractivity (Wildman–Crippen MR) is 140 cm³/mol. The molecule has 2 atom stereocenters. The summed E-state index contributed by atoms with van der Waals surface area (Å²) in [5, 5.41) is 9.51. The van der Waals surface area contributed by atoms with E-state index in [9.17, 15) is 18.5 Å². The first-order valence-corrected chi connectivity index (χ1v) is 13.4. The third-order valence-corrected chi connectivity index (χ3v) is 8.07. The van der Waals surface area contributed by atoms with Crippen LogP contribution in [0.15, 0.2) is 72.0 Å². The molecule has 0 bridgehead atoms. The van der Waals surface area contributed by atoms with Gasteiger partial charge in [-0.1, -0.05) is 18.2 Å². The van der Waals surface area contributed by atoms with Gasteiger partial charge < -0.3 is 9.80 Å².